The summed E-state index contributed by atoms with van der Waals surface area (Å²) in [6, 6.07) is 15.0. The van der Waals surface area contributed by atoms with Gasteiger partial charge < -0.3 is 20.3 Å². The lowest BCUT2D eigenvalue weighted by atomic mass is 9.90. The predicted molar refractivity (Wildman–Crippen MR) is 118 cm³/mol. The van der Waals surface area contributed by atoms with Crippen molar-refractivity contribution in [2.24, 2.45) is 0 Å². The van der Waals surface area contributed by atoms with Crippen molar-refractivity contribution in [2.75, 3.05) is 26.2 Å². The van der Waals surface area contributed by atoms with E-state index in [9.17, 15) is 4.79 Å². The molecule has 5 heteroatoms. The van der Waals surface area contributed by atoms with E-state index in [1.807, 2.05) is 23.1 Å². The van der Waals surface area contributed by atoms with Crippen LogP contribution in [0, 0.1) is 0 Å². The Morgan fingerprint density at radius 2 is 1.80 bits per heavy atom. The first kappa shape index (κ1) is 19.6. The van der Waals surface area contributed by atoms with Crippen molar-refractivity contribution in [1.29, 1.82) is 0 Å². The Labute approximate surface area is 178 Å². The Bertz CT molecular complexity index is 884. The van der Waals surface area contributed by atoms with Crippen LogP contribution in [-0.4, -0.2) is 43.0 Å². The van der Waals surface area contributed by atoms with Gasteiger partial charge in [-0.15, -0.1) is 0 Å². The number of nitrogens with zero attached hydrogens (tertiary/aromatic N) is 1. The molecule has 2 N–H and O–H groups in total. The molecule has 0 aliphatic carbocycles. The molecule has 0 aromatic heterocycles. The molecule has 5 rings (SSSR count). The number of hydrogen-bond acceptors (Lipinski definition) is 4. The van der Waals surface area contributed by atoms with Crippen LogP contribution in [0.4, 0.5) is 0 Å². The molecule has 1 unspecified atom stereocenters. The zero-order chi connectivity index (χ0) is 20.3. The van der Waals surface area contributed by atoms with Crippen molar-refractivity contribution in [3.05, 3.63) is 64.7 Å². The minimum Gasteiger partial charge on any atom is -0.489 e. The molecule has 3 aliphatic heterocycles. The minimum absolute atomic E-state index is 0.149. The van der Waals surface area contributed by atoms with E-state index >= 15 is 0 Å². The molecule has 1 amide bonds. The molecule has 0 spiro atoms. The summed E-state index contributed by atoms with van der Waals surface area (Å²) in [6.45, 7) is 5.35. The van der Waals surface area contributed by atoms with Gasteiger partial charge in [0.1, 0.15) is 12.4 Å². The highest BCUT2D eigenvalue weighted by molar-refractivity contribution is 5.99. The number of fused-ring (bicyclic) bond motifs is 1. The highest BCUT2D eigenvalue weighted by atomic mass is 16.5. The third kappa shape index (κ3) is 3.96. The van der Waals surface area contributed by atoms with Crippen molar-refractivity contribution >= 4 is 5.91 Å². The van der Waals surface area contributed by atoms with E-state index < -0.39 is 0 Å². The van der Waals surface area contributed by atoms with E-state index in [1.54, 1.807) is 0 Å². The van der Waals surface area contributed by atoms with Crippen molar-refractivity contribution in [2.45, 2.75) is 50.8 Å². The Kier molecular flexibility index (Phi) is 5.73. The largest absolute Gasteiger partial charge is 0.489 e. The second kappa shape index (κ2) is 8.78. The number of piperidine rings is 2. The fourth-order valence-electron chi connectivity index (χ4n) is 5.06. The Hall–Kier alpha value is -2.37. The monoisotopic (exact) mass is 405 g/mol. The molecule has 3 aliphatic rings. The second-order valence-electron chi connectivity index (χ2n) is 8.77. The Morgan fingerprint density at radius 3 is 2.57 bits per heavy atom. The standard InChI is InChI=1S/C25H31N3O2/c29-25-22-4-1-5-24(23(22)16-28(25)21-3-2-12-27-15-21)30-17-18-6-8-19(9-7-18)20-10-13-26-14-11-20/h1,4-9,20-21,26-27H,2-3,10-17H2. The number of nitrogens with one attached hydrogen (secondary N) is 2. The summed E-state index contributed by atoms with van der Waals surface area (Å²) in [5, 5.41) is 6.85. The zero-order valence-corrected chi connectivity index (χ0v) is 17.5. The zero-order valence-electron chi connectivity index (χ0n) is 17.5. The van der Waals surface area contributed by atoms with Gasteiger partial charge in [-0.1, -0.05) is 30.3 Å². The summed E-state index contributed by atoms with van der Waals surface area (Å²) in [5.41, 5.74) is 4.45. The summed E-state index contributed by atoms with van der Waals surface area (Å²) in [5.74, 6) is 1.66. The lowest BCUT2D eigenvalue weighted by Crippen LogP contribution is -2.46. The fourth-order valence-corrected chi connectivity index (χ4v) is 5.06. The number of rotatable bonds is 5. The maximum atomic E-state index is 12.9. The third-order valence-electron chi connectivity index (χ3n) is 6.85. The number of amides is 1. The third-order valence-corrected chi connectivity index (χ3v) is 6.85. The topological polar surface area (TPSA) is 53.6 Å². The van der Waals surface area contributed by atoms with Gasteiger partial charge in [0.05, 0.1) is 6.54 Å². The second-order valence-corrected chi connectivity index (χ2v) is 8.77. The normalized spacial score (nSPS) is 22.2. The van der Waals surface area contributed by atoms with Crippen LogP contribution < -0.4 is 15.4 Å². The van der Waals surface area contributed by atoms with Crippen molar-refractivity contribution in [3.8, 4) is 5.75 Å². The van der Waals surface area contributed by atoms with E-state index in [1.165, 1.54) is 24.0 Å². The number of carbonyl (C=O) groups excluding carboxylic acids is 1. The molecule has 0 bridgehead atoms. The Morgan fingerprint density at radius 1 is 0.967 bits per heavy atom. The van der Waals surface area contributed by atoms with Gasteiger partial charge in [0.25, 0.3) is 5.91 Å². The van der Waals surface area contributed by atoms with E-state index in [0.29, 0.717) is 19.1 Å². The summed E-state index contributed by atoms with van der Waals surface area (Å²) in [7, 11) is 0. The molecule has 2 aromatic carbocycles. The average Bonchev–Trinajstić information content (AvgIpc) is 3.16. The molecule has 2 fully saturated rings. The quantitative estimate of drug-likeness (QED) is 0.800. The van der Waals surface area contributed by atoms with Gasteiger partial charge in [-0.3, -0.25) is 4.79 Å². The first-order chi connectivity index (χ1) is 14.8. The fraction of sp³-hybridized carbons (Fsp3) is 0.480. The molecule has 1 atom stereocenters. The van der Waals surface area contributed by atoms with Gasteiger partial charge in [-0.2, -0.15) is 0 Å². The molecule has 2 saturated heterocycles. The predicted octanol–water partition coefficient (Wildman–Crippen LogP) is 3.44. The molecule has 158 valence electrons. The van der Waals surface area contributed by atoms with Crippen LogP contribution in [0.25, 0.3) is 0 Å². The molecular weight excluding hydrogens is 374 g/mol. The lowest BCUT2D eigenvalue weighted by Gasteiger charge is -2.31. The smallest absolute Gasteiger partial charge is 0.254 e. The van der Waals surface area contributed by atoms with Crippen LogP contribution in [-0.2, 0) is 13.2 Å². The molecule has 2 aromatic rings. The molecule has 0 saturated carbocycles. The van der Waals surface area contributed by atoms with Crippen LogP contribution in [0.3, 0.4) is 0 Å². The van der Waals surface area contributed by atoms with Crippen molar-refractivity contribution in [3.63, 3.8) is 0 Å². The number of ether oxygens (including phenoxy) is 1. The first-order valence-corrected chi connectivity index (χ1v) is 11.4. The lowest BCUT2D eigenvalue weighted by molar-refractivity contribution is 0.0674. The van der Waals surface area contributed by atoms with Gasteiger partial charge in [0, 0.05) is 23.7 Å². The number of benzene rings is 2. The van der Waals surface area contributed by atoms with Crippen molar-refractivity contribution in [1.82, 2.24) is 15.5 Å². The van der Waals surface area contributed by atoms with Gasteiger partial charge in [0.15, 0.2) is 0 Å². The van der Waals surface area contributed by atoms with Gasteiger partial charge in [0.2, 0.25) is 0 Å². The van der Waals surface area contributed by atoms with Crippen LogP contribution in [0.2, 0.25) is 0 Å². The van der Waals surface area contributed by atoms with Gasteiger partial charge >= 0.3 is 0 Å². The Balaban J connectivity index is 1.25. The van der Waals surface area contributed by atoms with Crippen LogP contribution >= 0.6 is 0 Å². The molecular formula is C25H31N3O2. The summed E-state index contributed by atoms with van der Waals surface area (Å²) in [4.78, 5) is 15.0. The highest BCUT2D eigenvalue weighted by Gasteiger charge is 2.35. The molecule has 3 heterocycles. The van der Waals surface area contributed by atoms with E-state index in [4.69, 9.17) is 4.74 Å². The first-order valence-electron chi connectivity index (χ1n) is 11.4. The average molecular weight is 406 g/mol. The van der Waals surface area contributed by atoms with Crippen molar-refractivity contribution < 1.29 is 9.53 Å². The van der Waals surface area contributed by atoms with Gasteiger partial charge in [-0.05, 0) is 74.5 Å². The van der Waals surface area contributed by atoms with Crippen LogP contribution in [0.1, 0.15) is 58.6 Å². The molecule has 30 heavy (non-hydrogen) atoms. The van der Waals surface area contributed by atoms with Crippen LogP contribution in [0.5, 0.6) is 5.75 Å². The van der Waals surface area contributed by atoms with Crippen LogP contribution in [0.15, 0.2) is 42.5 Å². The number of carbonyl (C=O) groups is 1. The summed E-state index contributed by atoms with van der Waals surface area (Å²) in [6.07, 6.45) is 4.63. The number of hydrogen-bond donors (Lipinski definition) is 2. The van der Waals surface area contributed by atoms with E-state index in [2.05, 4.69) is 34.9 Å². The maximum Gasteiger partial charge on any atom is 0.254 e. The SMILES string of the molecule is O=C1c2cccc(OCc3ccc(C4CCNCC4)cc3)c2CN1C1CCCNC1. The minimum atomic E-state index is 0.149. The molecule has 5 nitrogen and oxygen atoms in total. The summed E-state index contributed by atoms with van der Waals surface area (Å²) < 4.78 is 6.20. The van der Waals surface area contributed by atoms with Gasteiger partial charge in [-0.25, -0.2) is 0 Å². The van der Waals surface area contributed by atoms with E-state index in [0.717, 1.165) is 55.9 Å². The summed E-state index contributed by atoms with van der Waals surface area (Å²) >= 11 is 0. The maximum absolute atomic E-state index is 12.9. The van der Waals surface area contributed by atoms with E-state index in [-0.39, 0.29) is 11.9 Å². The highest BCUT2D eigenvalue weighted by Crippen LogP contribution is 2.33. The molecule has 0 radical (unpaired) electrons.